The Morgan fingerprint density at radius 2 is 1.10 bits per heavy atom. The molecule has 184 valence electrons. The maximum Gasteiger partial charge on any atom is 0.305 e. The van der Waals surface area contributed by atoms with Crippen molar-refractivity contribution in [2.24, 2.45) is 5.92 Å². The average molecular weight is 443 g/mol. The smallest absolute Gasteiger partial charge is 0.305 e. The zero-order valence-corrected chi connectivity index (χ0v) is 20.7. The first-order chi connectivity index (χ1) is 15.0. The van der Waals surface area contributed by atoms with E-state index in [0.29, 0.717) is 12.8 Å². The number of carbonyl (C=O) groups is 2. The van der Waals surface area contributed by atoms with Crippen LogP contribution in [0.4, 0.5) is 0 Å². The van der Waals surface area contributed by atoms with Gasteiger partial charge in [-0.25, -0.2) is 0 Å². The number of hydrogen-bond acceptors (Lipinski definition) is 5. The van der Waals surface area contributed by atoms with Gasteiger partial charge in [-0.1, -0.05) is 104 Å². The monoisotopic (exact) mass is 442 g/mol. The summed E-state index contributed by atoms with van der Waals surface area (Å²) in [7, 11) is 0. The predicted molar refractivity (Wildman–Crippen MR) is 127 cm³/mol. The summed E-state index contributed by atoms with van der Waals surface area (Å²) < 4.78 is 10.1. The molecule has 0 fully saturated rings. The lowest BCUT2D eigenvalue weighted by molar-refractivity contribution is -0.152. The van der Waals surface area contributed by atoms with E-state index >= 15 is 0 Å². The Hall–Kier alpha value is -1.10. The van der Waals surface area contributed by atoms with Crippen LogP contribution in [0.2, 0.25) is 0 Å². The first-order valence-corrected chi connectivity index (χ1v) is 13.0. The maximum absolute atomic E-state index is 11.8. The minimum atomic E-state index is -0.951. The van der Waals surface area contributed by atoms with Gasteiger partial charge in [0, 0.05) is 12.8 Å². The predicted octanol–water partition coefficient (Wildman–Crippen LogP) is 6.74. The van der Waals surface area contributed by atoms with Crippen LogP contribution in [-0.2, 0) is 19.1 Å². The molecule has 0 radical (unpaired) electrons. The second-order valence-electron chi connectivity index (χ2n) is 9.06. The van der Waals surface area contributed by atoms with E-state index in [1.807, 2.05) is 0 Å². The second-order valence-corrected chi connectivity index (χ2v) is 9.06. The van der Waals surface area contributed by atoms with Gasteiger partial charge in [0.1, 0.15) is 19.3 Å². The first kappa shape index (κ1) is 29.9. The molecule has 0 rings (SSSR count). The number of ether oxygens (including phenoxy) is 2. The molecule has 0 heterocycles. The molecule has 0 aliphatic carbocycles. The largest absolute Gasteiger partial charge is 0.463 e. The fourth-order valence-corrected chi connectivity index (χ4v) is 3.47. The van der Waals surface area contributed by atoms with Crippen molar-refractivity contribution in [1.82, 2.24) is 0 Å². The van der Waals surface area contributed by atoms with Gasteiger partial charge in [-0.05, 0) is 18.8 Å². The number of esters is 2. The molecular weight excluding hydrogens is 392 g/mol. The molecular formula is C26H50O5. The van der Waals surface area contributed by atoms with Crippen molar-refractivity contribution in [2.45, 2.75) is 136 Å². The molecule has 0 saturated carbocycles. The lowest BCUT2D eigenvalue weighted by atomic mass is 9.99. The summed E-state index contributed by atoms with van der Waals surface area (Å²) in [4.78, 5) is 23.4. The first-order valence-electron chi connectivity index (χ1n) is 13.0. The molecule has 0 aliphatic heterocycles. The van der Waals surface area contributed by atoms with Crippen molar-refractivity contribution in [1.29, 1.82) is 0 Å². The molecule has 2 atom stereocenters. The topological polar surface area (TPSA) is 72.8 Å². The van der Waals surface area contributed by atoms with E-state index in [1.165, 1.54) is 57.8 Å². The van der Waals surface area contributed by atoms with E-state index < -0.39 is 6.10 Å². The highest BCUT2D eigenvalue weighted by Gasteiger charge is 2.12. The molecule has 0 aromatic carbocycles. The highest BCUT2D eigenvalue weighted by molar-refractivity contribution is 5.69. The minimum Gasteiger partial charge on any atom is -0.463 e. The van der Waals surface area contributed by atoms with Crippen LogP contribution in [0.15, 0.2) is 0 Å². The van der Waals surface area contributed by atoms with Crippen molar-refractivity contribution < 1.29 is 24.2 Å². The van der Waals surface area contributed by atoms with Gasteiger partial charge in [-0.3, -0.25) is 9.59 Å². The molecule has 0 spiro atoms. The van der Waals surface area contributed by atoms with Crippen molar-refractivity contribution in [2.75, 3.05) is 13.2 Å². The third-order valence-electron chi connectivity index (χ3n) is 5.88. The molecule has 0 aromatic heterocycles. The van der Waals surface area contributed by atoms with Crippen LogP contribution >= 0.6 is 0 Å². The molecule has 0 saturated heterocycles. The lowest BCUT2D eigenvalue weighted by Gasteiger charge is -2.12. The van der Waals surface area contributed by atoms with Gasteiger partial charge in [0.2, 0.25) is 0 Å². The maximum atomic E-state index is 11.8. The van der Waals surface area contributed by atoms with E-state index in [4.69, 9.17) is 9.47 Å². The molecule has 31 heavy (non-hydrogen) atoms. The van der Waals surface area contributed by atoms with E-state index in [1.54, 1.807) is 0 Å². The van der Waals surface area contributed by atoms with Gasteiger partial charge in [-0.15, -0.1) is 0 Å². The lowest BCUT2D eigenvalue weighted by Crippen LogP contribution is -2.25. The van der Waals surface area contributed by atoms with Crippen LogP contribution in [-0.4, -0.2) is 36.4 Å². The fourth-order valence-electron chi connectivity index (χ4n) is 3.47. The number of aliphatic hydroxyl groups is 1. The Balaban J connectivity index is 3.45. The zero-order chi connectivity index (χ0) is 23.2. The second kappa shape index (κ2) is 22.1. The van der Waals surface area contributed by atoms with E-state index in [2.05, 4.69) is 20.8 Å². The van der Waals surface area contributed by atoms with Crippen LogP contribution in [0, 0.1) is 5.92 Å². The van der Waals surface area contributed by atoms with Crippen molar-refractivity contribution in [3.63, 3.8) is 0 Å². The van der Waals surface area contributed by atoms with Crippen LogP contribution in [0.1, 0.15) is 130 Å². The molecule has 1 N–H and O–H groups in total. The summed E-state index contributed by atoms with van der Waals surface area (Å²) in [6, 6.07) is 0. The van der Waals surface area contributed by atoms with Crippen molar-refractivity contribution in [3.05, 3.63) is 0 Å². The third-order valence-corrected chi connectivity index (χ3v) is 5.88. The van der Waals surface area contributed by atoms with E-state index in [-0.39, 0.29) is 25.2 Å². The fraction of sp³-hybridized carbons (Fsp3) is 0.923. The van der Waals surface area contributed by atoms with E-state index in [9.17, 15) is 14.7 Å². The molecule has 0 aromatic rings. The number of rotatable bonds is 22. The van der Waals surface area contributed by atoms with Crippen molar-refractivity contribution >= 4 is 11.9 Å². The highest BCUT2D eigenvalue weighted by atomic mass is 16.6. The summed E-state index contributed by atoms with van der Waals surface area (Å²) in [5, 5.41) is 9.81. The molecule has 0 amide bonds. The summed E-state index contributed by atoms with van der Waals surface area (Å²) in [5.41, 5.74) is 0. The summed E-state index contributed by atoms with van der Waals surface area (Å²) in [6.45, 7) is 6.52. The third kappa shape index (κ3) is 21.9. The van der Waals surface area contributed by atoms with Crippen molar-refractivity contribution in [3.8, 4) is 0 Å². The number of aliphatic hydroxyl groups excluding tert-OH is 1. The highest BCUT2D eigenvalue weighted by Crippen LogP contribution is 2.15. The van der Waals surface area contributed by atoms with Gasteiger partial charge < -0.3 is 14.6 Å². The van der Waals surface area contributed by atoms with Crippen LogP contribution in [0.3, 0.4) is 0 Å². The van der Waals surface area contributed by atoms with Crippen LogP contribution in [0.25, 0.3) is 0 Å². The Kier molecular flexibility index (Phi) is 21.3. The van der Waals surface area contributed by atoms with E-state index in [0.717, 1.165) is 44.4 Å². The molecule has 1 unspecified atom stereocenters. The Bertz CT molecular complexity index is 424. The summed E-state index contributed by atoms with van der Waals surface area (Å²) in [6.07, 6.45) is 17.4. The number of carbonyl (C=O) groups excluding carboxylic acids is 2. The van der Waals surface area contributed by atoms with Gasteiger partial charge in [0.05, 0.1) is 0 Å². The Morgan fingerprint density at radius 1 is 0.677 bits per heavy atom. The van der Waals surface area contributed by atoms with Gasteiger partial charge in [-0.2, -0.15) is 0 Å². The summed E-state index contributed by atoms with van der Waals surface area (Å²) >= 11 is 0. The average Bonchev–Trinajstić information content (AvgIpc) is 2.77. The molecule has 5 nitrogen and oxygen atoms in total. The normalized spacial score (nSPS) is 13.0. The Labute approximate surface area is 191 Å². The zero-order valence-electron chi connectivity index (χ0n) is 20.7. The van der Waals surface area contributed by atoms with Crippen LogP contribution < -0.4 is 0 Å². The van der Waals surface area contributed by atoms with Gasteiger partial charge >= 0.3 is 11.9 Å². The minimum absolute atomic E-state index is 0.112. The summed E-state index contributed by atoms with van der Waals surface area (Å²) in [5.74, 6) is 0.282. The Morgan fingerprint density at radius 3 is 1.55 bits per heavy atom. The van der Waals surface area contributed by atoms with Crippen LogP contribution in [0.5, 0.6) is 0 Å². The molecule has 0 aliphatic rings. The quantitative estimate of drug-likeness (QED) is 0.148. The standard InChI is InChI=1S/C26H50O5/c1-4-6-7-12-16-19-25(28)30-21-24(27)22-31-26(29)20-17-14-11-9-8-10-13-15-18-23(3)5-2/h23-24,27H,4-22H2,1-3H3/t23?,24-/m0/s1. The van der Waals surface area contributed by atoms with Gasteiger partial charge in [0.15, 0.2) is 0 Å². The van der Waals surface area contributed by atoms with Gasteiger partial charge in [0.25, 0.3) is 0 Å². The number of hydrogen-bond donors (Lipinski definition) is 1. The SMILES string of the molecule is CCCCCCCC(=O)OC[C@H](O)COC(=O)CCCCCCCCCCC(C)CC. The molecule has 5 heteroatoms. The molecule has 0 bridgehead atoms. The number of unbranched alkanes of at least 4 members (excludes halogenated alkanes) is 11.